The summed E-state index contributed by atoms with van der Waals surface area (Å²) in [6.07, 6.45) is 2.76. The smallest absolute Gasteiger partial charge is 0.291 e. The molecule has 23 heavy (non-hydrogen) atoms. The van der Waals surface area contributed by atoms with Crippen molar-refractivity contribution in [2.24, 2.45) is 0 Å². The molecule has 122 valence electrons. The van der Waals surface area contributed by atoms with Gasteiger partial charge in [-0.05, 0) is 53.0 Å². The molecule has 1 aromatic carbocycles. The fraction of sp³-hybridized carbons (Fsp3) is 0.444. The number of hydrogen-bond donors (Lipinski definition) is 0. The monoisotopic (exact) mass is 312 g/mol. The molecule has 3 rings (SSSR count). The van der Waals surface area contributed by atoms with Gasteiger partial charge in [-0.3, -0.25) is 4.79 Å². The van der Waals surface area contributed by atoms with E-state index in [-0.39, 0.29) is 5.56 Å². The van der Waals surface area contributed by atoms with Gasteiger partial charge in [-0.2, -0.15) is 5.10 Å². The van der Waals surface area contributed by atoms with E-state index in [2.05, 4.69) is 46.6 Å². The van der Waals surface area contributed by atoms with Gasteiger partial charge in [0.2, 0.25) is 0 Å². The maximum Gasteiger partial charge on any atom is 0.291 e. The normalized spacial score (nSPS) is 11.9. The number of rotatable bonds is 5. The van der Waals surface area contributed by atoms with Crippen molar-refractivity contribution >= 4 is 21.8 Å². The highest BCUT2D eigenvalue weighted by Gasteiger charge is 2.15. The Kier molecular flexibility index (Phi) is 4.22. The molecule has 2 heterocycles. The summed E-state index contributed by atoms with van der Waals surface area (Å²) < 4.78 is 3.71. The molecule has 0 N–H and O–H groups in total. The maximum atomic E-state index is 12.9. The van der Waals surface area contributed by atoms with Gasteiger partial charge in [-0.1, -0.05) is 11.6 Å². The van der Waals surface area contributed by atoms with Gasteiger partial charge in [0.05, 0.1) is 6.20 Å². The van der Waals surface area contributed by atoms with Crippen LogP contribution >= 0.6 is 0 Å². The van der Waals surface area contributed by atoms with Crippen molar-refractivity contribution in [1.82, 2.24) is 19.2 Å². The minimum atomic E-state index is 0.0111. The predicted octanol–water partition coefficient (Wildman–Crippen LogP) is 2.63. The van der Waals surface area contributed by atoms with E-state index in [1.54, 1.807) is 4.68 Å². The predicted molar refractivity (Wildman–Crippen MR) is 95.1 cm³/mol. The molecule has 0 bridgehead atoms. The molecule has 0 atom stereocenters. The molecule has 5 heteroatoms. The van der Waals surface area contributed by atoms with Gasteiger partial charge in [0.15, 0.2) is 0 Å². The molecule has 0 saturated carbocycles. The van der Waals surface area contributed by atoms with Gasteiger partial charge in [0.25, 0.3) is 5.56 Å². The highest BCUT2D eigenvalue weighted by Crippen LogP contribution is 2.27. The quantitative estimate of drug-likeness (QED) is 0.727. The Labute approximate surface area is 136 Å². The van der Waals surface area contributed by atoms with Crippen LogP contribution in [-0.4, -0.2) is 39.9 Å². The van der Waals surface area contributed by atoms with Gasteiger partial charge in [0.1, 0.15) is 5.52 Å². The van der Waals surface area contributed by atoms with Crippen LogP contribution in [0.1, 0.15) is 18.9 Å². The van der Waals surface area contributed by atoms with Crippen LogP contribution in [-0.2, 0) is 13.1 Å². The standard InChI is InChI=1S/C18H24N4O/c1-5-21-16-8-7-13(2)11-14(16)15-12-19-22(18(23)17(15)21)10-6-9-20(3)4/h7-8,11-12H,5-6,9-10H2,1-4H3. The Hall–Kier alpha value is -2.14. The molecular weight excluding hydrogens is 288 g/mol. The molecule has 0 fully saturated rings. The van der Waals surface area contributed by atoms with E-state index in [1.807, 2.05) is 20.3 Å². The third kappa shape index (κ3) is 2.77. The van der Waals surface area contributed by atoms with Crippen molar-refractivity contribution < 1.29 is 0 Å². The van der Waals surface area contributed by atoms with Crippen LogP contribution in [0.15, 0.2) is 29.2 Å². The Bertz CT molecular complexity index is 905. The van der Waals surface area contributed by atoms with Crippen LogP contribution in [0.5, 0.6) is 0 Å². The van der Waals surface area contributed by atoms with Gasteiger partial charge in [0, 0.05) is 29.4 Å². The Morgan fingerprint density at radius 1 is 1.22 bits per heavy atom. The molecule has 0 aliphatic heterocycles. The molecule has 0 aliphatic carbocycles. The summed E-state index contributed by atoms with van der Waals surface area (Å²) >= 11 is 0. The Balaban J connectivity index is 2.16. The highest BCUT2D eigenvalue weighted by atomic mass is 16.1. The van der Waals surface area contributed by atoms with Crippen molar-refractivity contribution in [3.8, 4) is 0 Å². The number of aromatic nitrogens is 3. The molecular formula is C18H24N4O. The van der Waals surface area contributed by atoms with Crippen molar-refractivity contribution in [1.29, 1.82) is 0 Å². The van der Waals surface area contributed by atoms with Crippen LogP contribution in [0.4, 0.5) is 0 Å². The van der Waals surface area contributed by atoms with Crippen LogP contribution in [0, 0.1) is 6.92 Å². The molecule has 0 radical (unpaired) electrons. The van der Waals surface area contributed by atoms with Crippen molar-refractivity contribution in [2.45, 2.75) is 33.4 Å². The first-order chi connectivity index (χ1) is 11.0. The lowest BCUT2D eigenvalue weighted by molar-refractivity contribution is 0.377. The van der Waals surface area contributed by atoms with Crippen LogP contribution < -0.4 is 5.56 Å². The van der Waals surface area contributed by atoms with Crippen LogP contribution in [0.2, 0.25) is 0 Å². The first-order valence-electron chi connectivity index (χ1n) is 8.16. The van der Waals surface area contributed by atoms with E-state index in [0.717, 1.165) is 41.3 Å². The summed E-state index contributed by atoms with van der Waals surface area (Å²) in [7, 11) is 4.08. The molecule has 0 saturated heterocycles. The molecule has 2 aromatic heterocycles. The second-order valence-corrected chi connectivity index (χ2v) is 6.36. The minimum absolute atomic E-state index is 0.0111. The summed E-state index contributed by atoms with van der Waals surface area (Å²) in [5, 5.41) is 6.48. The Morgan fingerprint density at radius 3 is 2.70 bits per heavy atom. The van der Waals surface area contributed by atoms with E-state index in [0.29, 0.717) is 6.54 Å². The lowest BCUT2D eigenvalue weighted by atomic mass is 10.1. The number of benzene rings is 1. The lowest BCUT2D eigenvalue weighted by Gasteiger charge is -2.10. The second kappa shape index (κ2) is 6.16. The van der Waals surface area contributed by atoms with Gasteiger partial charge in [-0.15, -0.1) is 0 Å². The topological polar surface area (TPSA) is 43.1 Å². The Morgan fingerprint density at radius 2 is 2.00 bits per heavy atom. The van der Waals surface area contributed by atoms with Crippen LogP contribution in [0.25, 0.3) is 21.8 Å². The molecule has 0 amide bonds. The molecule has 0 spiro atoms. The maximum absolute atomic E-state index is 12.9. The summed E-state index contributed by atoms with van der Waals surface area (Å²) in [6.45, 7) is 6.53. The highest BCUT2D eigenvalue weighted by molar-refractivity contribution is 6.07. The van der Waals surface area contributed by atoms with Crippen LogP contribution in [0.3, 0.4) is 0 Å². The molecule has 5 nitrogen and oxygen atoms in total. The van der Waals surface area contributed by atoms with E-state index in [9.17, 15) is 4.79 Å². The number of hydrogen-bond acceptors (Lipinski definition) is 3. The number of nitrogens with zero attached hydrogens (tertiary/aromatic N) is 4. The largest absolute Gasteiger partial charge is 0.336 e. The van der Waals surface area contributed by atoms with Crippen molar-refractivity contribution in [3.05, 3.63) is 40.3 Å². The van der Waals surface area contributed by atoms with Crippen molar-refractivity contribution in [2.75, 3.05) is 20.6 Å². The summed E-state index contributed by atoms with van der Waals surface area (Å²) in [6, 6.07) is 6.34. The summed E-state index contributed by atoms with van der Waals surface area (Å²) in [5.41, 5.74) is 3.09. The molecule has 0 aliphatic rings. The fourth-order valence-electron chi connectivity index (χ4n) is 3.18. The zero-order valence-electron chi connectivity index (χ0n) is 14.3. The SMILES string of the molecule is CCn1c2ccc(C)cc2c2cnn(CCCN(C)C)c(=O)c21. The summed E-state index contributed by atoms with van der Waals surface area (Å²) in [4.78, 5) is 15.0. The molecule has 0 unspecified atom stereocenters. The zero-order valence-corrected chi connectivity index (χ0v) is 14.3. The van der Waals surface area contributed by atoms with Crippen molar-refractivity contribution in [3.63, 3.8) is 0 Å². The average Bonchev–Trinajstić information content (AvgIpc) is 2.83. The van der Waals surface area contributed by atoms with E-state index >= 15 is 0 Å². The third-order valence-corrected chi connectivity index (χ3v) is 4.31. The van der Waals surface area contributed by atoms with Gasteiger partial charge < -0.3 is 9.47 Å². The summed E-state index contributed by atoms with van der Waals surface area (Å²) in [5.74, 6) is 0. The lowest BCUT2D eigenvalue weighted by Crippen LogP contribution is -2.26. The second-order valence-electron chi connectivity index (χ2n) is 6.36. The number of aryl methyl sites for hydroxylation is 3. The average molecular weight is 312 g/mol. The van der Waals surface area contributed by atoms with Gasteiger partial charge >= 0.3 is 0 Å². The first kappa shape index (κ1) is 15.7. The third-order valence-electron chi connectivity index (χ3n) is 4.31. The minimum Gasteiger partial charge on any atom is -0.336 e. The zero-order chi connectivity index (χ0) is 16.6. The van der Waals surface area contributed by atoms with Gasteiger partial charge in [-0.25, -0.2) is 4.68 Å². The number of fused-ring (bicyclic) bond motifs is 3. The first-order valence-corrected chi connectivity index (χ1v) is 8.16. The fourth-order valence-corrected chi connectivity index (χ4v) is 3.18. The van der Waals surface area contributed by atoms with E-state index in [4.69, 9.17) is 0 Å². The van der Waals surface area contributed by atoms with E-state index < -0.39 is 0 Å². The molecule has 3 aromatic rings. The van der Waals surface area contributed by atoms with E-state index in [1.165, 1.54) is 5.56 Å².